The van der Waals surface area contributed by atoms with Crippen molar-refractivity contribution < 1.29 is 23.1 Å². The Bertz CT molecular complexity index is 1580. The lowest BCUT2D eigenvalue weighted by Crippen LogP contribution is -2.53. The van der Waals surface area contributed by atoms with Crippen LogP contribution in [0, 0.1) is 11.6 Å². The number of carbonyl (C=O) groups excluding carboxylic acids is 1. The van der Waals surface area contributed by atoms with Crippen LogP contribution in [0.1, 0.15) is 37.8 Å². The number of rotatable bonds is 10. The second kappa shape index (κ2) is 14.6. The van der Waals surface area contributed by atoms with Crippen molar-refractivity contribution in [3.8, 4) is 5.75 Å². The lowest BCUT2D eigenvalue weighted by molar-refractivity contribution is -0.111. The molecule has 0 spiro atoms. The number of benzene rings is 2. The van der Waals surface area contributed by atoms with Gasteiger partial charge in [-0.1, -0.05) is 25.6 Å². The van der Waals surface area contributed by atoms with Crippen molar-refractivity contribution in [2.75, 3.05) is 80.1 Å². The number of methoxy groups -OCH3 is 1. The molecule has 0 saturated carbocycles. The third kappa shape index (κ3) is 7.16. The van der Waals surface area contributed by atoms with Crippen LogP contribution in [-0.4, -0.2) is 91.2 Å². The van der Waals surface area contributed by atoms with Crippen molar-refractivity contribution in [1.82, 2.24) is 19.8 Å². The number of halogens is 2. The minimum absolute atomic E-state index is 0.193. The molecule has 250 valence electrons. The van der Waals surface area contributed by atoms with Gasteiger partial charge >= 0.3 is 0 Å². The number of nitrogens with zero attached hydrogens (tertiary/aromatic N) is 6. The van der Waals surface area contributed by atoms with Gasteiger partial charge in [0.15, 0.2) is 17.5 Å². The highest BCUT2D eigenvalue weighted by Crippen LogP contribution is 2.41. The number of piperidine rings is 1. The van der Waals surface area contributed by atoms with E-state index in [1.54, 1.807) is 19.2 Å². The van der Waals surface area contributed by atoms with E-state index in [1.165, 1.54) is 23.5 Å². The van der Waals surface area contributed by atoms with Gasteiger partial charge in [-0.05, 0) is 37.6 Å². The van der Waals surface area contributed by atoms with Crippen molar-refractivity contribution in [1.29, 1.82) is 0 Å². The van der Waals surface area contributed by atoms with Crippen LogP contribution in [-0.2, 0) is 9.63 Å². The molecule has 0 bridgehead atoms. The van der Waals surface area contributed by atoms with E-state index in [0.29, 0.717) is 47.8 Å². The number of aromatic nitrogens is 2. The summed E-state index contributed by atoms with van der Waals surface area (Å²) in [6.07, 6.45) is 5.14. The molecule has 2 N–H and O–H groups in total. The first-order valence-electron chi connectivity index (χ1n) is 16.2. The van der Waals surface area contributed by atoms with Crippen LogP contribution in [0.15, 0.2) is 55.4 Å². The molecule has 13 heteroatoms. The molecule has 1 aromatic heterocycles. The summed E-state index contributed by atoms with van der Waals surface area (Å²) in [6.45, 7) is 13.4. The molecule has 3 aliphatic heterocycles. The van der Waals surface area contributed by atoms with E-state index >= 15 is 0 Å². The number of anilines is 5. The fourth-order valence-corrected chi connectivity index (χ4v) is 6.73. The Hall–Kier alpha value is -4.33. The van der Waals surface area contributed by atoms with Crippen LogP contribution in [0.2, 0.25) is 0 Å². The molecule has 1 amide bonds. The Morgan fingerprint density at radius 1 is 1.06 bits per heavy atom. The Labute approximate surface area is 274 Å². The molecule has 6 rings (SSSR count). The number of hydroxylamine groups is 1. The zero-order chi connectivity index (χ0) is 32.9. The first kappa shape index (κ1) is 32.6. The molecule has 4 heterocycles. The van der Waals surface area contributed by atoms with Crippen LogP contribution in [0.5, 0.6) is 5.75 Å². The summed E-state index contributed by atoms with van der Waals surface area (Å²) < 4.78 is 34.5. The normalized spacial score (nSPS) is 19.5. The van der Waals surface area contributed by atoms with Crippen LogP contribution < -0.4 is 25.3 Å². The maximum absolute atomic E-state index is 14.7. The fourth-order valence-electron chi connectivity index (χ4n) is 6.73. The number of piperazine rings is 1. The number of amides is 1. The van der Waals surface area contributed by atoms with Crippen LogP contribution in [0.4, 0.5) is 37.5 Å². The van der Waals surface area contributed by atoms with E-state index < -0.39 is 17.7 Å². The average Bonchev–Trinajstić information content (AvgIpc) is 3.60. The quantitative estimate of drug-likeness (QED) is 0.289. The highest BCUT2D eigenvalue weighted by atomic mass is 19.2. The zero-order valence-corrected chi connectivity index (χ0v) is 26.9. The number of ether oxygens (including phenoxy) is 1. The Kier molecular flexibility index (Phi) is 10.1. The largest absolute Gasteiger partial charge is 0.494 e. The first-order valence-corrected chi connectivity index (χ1v) is 16.2. The van der Waals surface area contributed by atoms with Crippen molar-refractivity contribution in [2.24, 2.45) is 0 Å². The monoisotopic (exact) mass is 648 g/mol. The van der Waals surface area contributed by atoms with E-state index in [1.807, 2.05) is 12.1 Å². The summed E-state index contributed by atoms with van der Waals surface area (Å²) in [7, 11) is 1.59. The summed E-state index contributed by atoms with van der Waals surface area (Å²) in [5, 5.41) is 7.74. The van der Waals surface area contributed by atoms with Gasteiger partial charge in [-0.15, -0.1) is 0 Å². The van der Waals surface area contributed by atoms with Gasteiger partial charge < -0.3 is 25.2 Å². The highest BCUT2D eigenvalue weighted by Gasteiger charge is 2.32. The van der Waals surface area contributed by atoms with E-state index in [2.05, 4.69) is 48.8 Å². The van der Waals surface area contributed by atoms with Gasteiger partial charge in [0.25, 0.3) is 0 Å². The molecule has 0 radical (unpaired) electrons. The SMILES string of the molecule is C=CC(=O)Nc1cc(Nc2cc(N3OCCC3c3cccc(F)c3F)ncn2)c(OC)cc1N1CCC(N2CCN(CC)CC2)CC1. The van der Waals surface area contributed by atoms with Crippen LogP contribution >= 0.6 is 0 Å². The van der Waals surface area contributed by atoms with Crippen molar-refractivity contribution in [3.05, 3.63) is 72.6 Å². The van der Waals surface area contributed by atoms with E-state index in [4.69, 9.17) is 9.57 Å². The Morgan fingerprint density at radius 3 is 2.57 bits per heavy atom. The summed E-state index contributed by atoms with van der Waals surface area (Å²) in [4.78, 5) is 34.5. The number of hydrogen-bond donors (Lipinski definition) is 2. The zero-order valence-electron chi connectivity index (χ0n) is 26.9. The van der Waals surface area contributed by atoms with Crippen LogP contribution in [0.25, 0.3) is 0 Å². The predicted octanol–water partition coefficient (Wildman–Crippen LogP) is 5.12. The maximum Gasteiger partial charge on any atom is 0.247 e. The van der Waals surface area contributed by atoms with E-state index in [-0.39, 0.29) is 11.5 Å². The van der Waals surface area contributed by atoms with Crippen LogP contribution in [0.3, 0.4) is 0 Å². The second-order valence-electron chi connectivity index (χ2n) is 11.9. The molecular formula is C34H42F2N8O3. The van der Waals surface area contributed by atoms with Gasteiger partial charge in [0.2, 0.25) is 5.91 Å². The molecule has 1 atom stereocenters. The maximum atomic E-state index is 14.7. The summed E-state index contributed by atoms with van der Waals surface area (Å²) in [5.41, 5.74) is 2.25. The topological polar surface area (TPSA) is 98.3 Å². The average molecular weight is 649 g/mol. The van der Waals surface area contributed by atoms with Gasteiger partial charge in [-0.3, -0.25) is 14.5 Å². The van der Waals surface area contributed by atoms with E-state index in [9.17, 15) is 13.6 Å². The summed E-state index contributed by atoms with van der Waals surface area (Å²) in [5.74, 6) is -0.783. The molecule has 1 unspecified atom stereocenters. The third-order valence-corrected chi connectivity index (χ3v) is 9.32. The van der Waals surface area contributed by atoms with Gasteiger partial charge in [-0.25, -0.2) is 23.8 Å². The molecule has 0 aliphatic carbocycles. The molecule has 47 heavy (non-hydrogen) atoms. The second-order valence-corrected chi connectivity index (χ2v) is 11.9. The lowest BCUT2D eigenvalue weighted by atomic mass is 10.0. The summed E-state index contributed by atoms with van der Waals surface area (Å²) in [6, 6.07) is 9.51. The van der Waals surface area contributed by atoms with Crippen molar-refractivity contribution in [3.63, 3.8) is 0 Å². The minimum atomic E-state index is -0.913. The highest BCUT2D eigenvalue weighted by molar-refractivity contribution is 6.02. The molecular weight excluding hydrogens is 606 g/mol. The van der Waals surface area contributed by atoms with E-state index in [0.717, 1.165) is 70.4 Å². The standard InChI is InChI=1S/C34H42F2N8O3/c1-4-33(45)40-26-19-27(30(46-3)20-29(26)43-12-9-23(10-13-43)42-16-14-41(5-2)15-17-42)39-31-21-32(38-22-37-31)44-28(11-18-47-44)24-7-6-8-25(35)34(24)36/h4,6-8,19-23,28H,1,5,9-18H2,2-3H3,(H,40,45)(H,37,38,39). The number of nitrogens with one attached hydrogen (secondary N) is 2. The molecule has 11 nitrogen and oxygen atoms in total. The lowest BCUT2D eigenvalue weighted by Gasteiger charge is -2.43. The number of likely N-dealkylation sites (N-methyl/N-ethyl adjacent to an activating group) is 1. The Morgan fingerprint density at radius 2 is 1.85 bits per heavy atom. The third-order valence-electron chi connectivity index (χ3n) is 9.32. The predicted molar refractivity (Wildman–Crippen MR) is 178 cm³/mol. The van der Waals surface area contributed by atoms with Gasteiger partial charge in [0, 0.05) is 69.4 Å². The van der Waals surface area contributed by atoms with Gasteiger partial charge in [-0.2, -0.15) is 0 Å². The molecule has 2 aromatic carbocycles. The molecule has 3 aromatic rings. The Balaban J connectivity index is 1.22. The smallest absolute Gasteiger partial charge is 0.247 e. The van der Waals surface area contributed by atoms with Gasteiger partial charge in [0.05, 0.1) is 36.8 Å². The van der Waals surface area contributed by atoms with Crippen molar-refractivity contribution in [2.45, 2.75) is 38.3 Å². The molecule has 3 fully saturated rings. The molecule has 3 saturated heterocycles. The number of hydrogen-bond acceptors (Lipinski definition) is 10. The van der Waals surface area contributed by atoms with Gasteiger partial charge in [0.1, 0.15) is 17.9 Å². The molecule has 3 aliphatic rings. The fraction of sp³-hybridized carbons (Fsp3) is 0.441. The minimum Gasteiger partial charge on any atom is -0.494 e. The first-order chi connectivity index (χ1) is 22.9. The van der Waals surface area contributed by atoms with Crippen molar-refractivity contribution >= 4 is 34.6 Å². The number of carbonyl (C=O) groups is 1. The summed E-state index contributed by atoms with van der Waals surface area (Å²) >= 11 is 0.